The first-order chi connectivity index (χ1) is 33.6. The molecule has 3 saturated carbocycles. The summed E-state index contributed by atoms with van der Waals surface area (Å²) in [5.74, 6) is -6.68. The van der Waals surface area contributed by atoms with Crippen LogP contribution in [0.5, 0.6) is 0 Å². The fourth-order valence-corrected chi connectivity index (χ4v) is 10.8. The van der Waals surface area contributed by atoms with Gasteiger partial charge in [0.25, 0.3) is 0 Å². The van der Waals surface area contributed by atoms with Gasteiger partial charge in [0.2, 0.25) is 0 Å². The maximum Gasteiger partial charge on any atom is 0.416 e. The highest BCUT2D eigenvalue weighted by Crippen LogP contribution is 2.43. The van der Waals surface area contributed by atoms with Crippen molar-refractivity contribution in [2.45, 2.75) is 90.9 Å². The van der Waals surface area contributed by atoms with E-state index in [2.05, 4.69) is 9.89 Å². The quantitative estimate of drug-likeness (QED) is 0.0697. The van der Waals surface area contributed by atoms with Crippen LogP contribution in [0.25, 0.3) is 0 Å². The van der Waals surface area contributed by atoms with Crippen LogP contribution in [0.4, 0.5) is 26.3 Å². The number of hydrogen-bond acceptors (Lipinski definition) is 16. The van der Waals surface area contributed by atoms with Gasteiger partial charge >= 0.3 is 12.4 Å². The Balaban J connectivity index is 0.000000205. The molecule has 1 heterocycles. The minimum absolute atomic E-state index is 0.00216. The van der Waals surface area contributed by atoms with Crippen molar-refractivity contribution in [3.63, 3.8) is 0 Å². The van der Waals surface area contributed by atoms with Crippen LogP contribution in [0.15, 0.2) is 73.9 Å². The predicted molar refractivity (Wildman–Crippen MR) is 245 cm³/mol. The zero-order valence-electron chi connectivity index (χ0n) is 38.3. The van der Waals surface area contributed by atoms with Gasteiger partial charge in [-0.25, -0.2) is 25.3 Å². The molecule has 27 heteroatoms. The van der Waals surface area contributed by atoms with Crippen molar-refractivity contribution < 1.29 is 94.4 Å². The lowest BCUT2D eigenvalue weighted by Crippen LogP contribution is -2.35. The number of aromatic nitrogens is 1. The van der Waals surface area contributed by atoms with Crippen LogP contribution in [-0.4, -0.2) is 102 Å². The summed E-state index contributed by atoms with van der Waals surface area (Å²) in [6.45, 7) is -2.47. The highest BCUT2D eigenvalue weighted by Gasteiger charge is 2.40. The Morgan fingerprint density at radius 2 is 1.15 bits per heavy atom. The summed E-state index contributed by atoms with van der Waals surface area (Å²) >= 11 is 12.0. The van der Waals surface area contributed by atoms with Gasteiger partial charge in [-0.1, -0.05) is 28.4 Å². The molecule has 7 rings (SSSR count). The van der Waals surface area contributed by atoms with E-state index in [1.807, 2.05) is 0 Å². The Kier molecular flexibility index (Phi) is 18.1. The largest absolute Gasteiger partial charge is 0.416 e. The van der Waals surface area contributed by atoms with E-state index in [1.165, 1.54) is 18.3 Å². The van der Waals surface area contributed by atoms with Crippen LogP contribution >= 0.6 is 23.2 Å². The fraction of sp³-hybridized carbons (Fsp3) is 0.391. The van der Waals surface area contributed by atoms with Crippen molar-refractivity contribution in [3.05, 3.63) is 104 Å². The number of carbonyl (C=O) groups excluding carboxylic acids is 7. The van der Waals surface area contributed by atoms with Gasteiger partial charge in [0.1, 0.15) is 18.4 Å². The number of alkyl halides is 6. The molecule has 3 fully saturated rings. The molecule has 0 atom stereocenters. The zero-order valence-corrected chi connectivity index (χ0v) is 42.3. The highest BCUT2D eigenvalue weighted by atomic mass is 35.5. The Bertz CT molecular complexity index is 3230. The van der Waals surface area contributed by atoms with Gasteiger partial charge in [-0.3, -0.25) is 33.6 Å². The third-order valence-corrected chi connectivity index (χ3v) is 15.4. The van der Waals surface area contributed by atoms with Crippen molar-refractivity contribution in [1.29, 1.82) is 0 Å². The molecular formula is C46H41Cl2F6NO15S3. The summed E-state index contributed by atoms with van der Waals surface area (Å²) in [5.41, 5.74) is -2.02. The normalized spacial score (nSPS) is 16.3. The molecule has 0 amide bonds. The molecule has 0 unspecified atom stereocenters. The monoisotopic (exact) mass is 1130 g/mol. The van der Waals surface area contributed by atoms with Crippen molar-refractivity contribution in [1.82, 2.24) is 5.16 Å². The maximum atomic E-state index is 12.8. The van der Waals surface area contributed by atoms with Crippen molar-refractivity contribution >= 4 is 93.2 Å². The van der Waals surface area contributed by atoms with E-state index < -0.39 is 128 Å². The van der Waals surface area contributed by atoms with Gasteiger partial charge in [-0.2, -0.15) is 26.3 Å². The number of benzene rings is 3. The molecule has 16 nitrogen and oxygen atoms in total. The number of carbonyl (C=O) groups is 7. The molecule has 4 aromatic rings. The molecule has 394 valence electrons. The summed E-state index contributed by atoms with van der Waals surface area (Å²) < 4.78 is 155. The molecule has 3 aliphatic rings. The van der Waals surface area contributed by atoms with Gasteiger partial charge in [0.15, 0.2) is 75.8 Å². The Hall–Kier alpha value is -5.47. The average molecular weight is 1130 g/mol. The molecule has 0 aliphatic heterocycles. The molecule has 0 radical (unpaired) electrons. The number of ketones is 7. The number of Topliss-reactive ketones (excluding diaryl/α,β-unsaturated/α-hetero) is 6. The fourth-order valence-electron chi connectivity index (χ4n) is 7.57. The van der Waals surface area contributed by atoms with Gasteiger partial charge in [0.05, 0.1) is 48.7 Å². The number of hydrogen-bond donors (Lipinski definition) is 0. The topological polar surface area (TPSA) is 257 Å². The summed E-state index contributed by atoms with van der Waals surface area (Å²) in [7, 11) is -11.4. The van der Waals surface area contributed by atoms with Crippen LogP contribution < -0.4 is 0 Å². The number of sulfone groups is 3. The molecule has 3 aliphatic carbocycles. The summed E-state index contributed by atoms with van der Waals surface area (Å²) in [4.78, 5) is 84.1. The molecule has 0 N–H and O–H groups in total. The molecule has 0 saturated heterocycles. The molecule has 3 aromatic carbocycles. The lowest BCUT2D eigenvalue weighted by atomic mass is 9.81. The standard InChI is InChI=1S/C17H16ClF3O6S.C15H12F3NO4S.C14H13ClO5S/c1-28(25,26)13-6-5-9(15(18)10(13)7-27-8-17(19,20)21)16(24)14-11(22)3-2-4-12(14)23;1-24(21,22)12-6-9(15(16,17)18)4-5-10(12)13(20)11-7-19-23-14(11)8-2-3-8;1-21(19,20)8-5-6-9(10(15)7-8)14(18)13-11(16)3-2-4-12(13)17/h5-6,14H,2-4,7-8H2,1H3;4-8H,2-3H2,1H3;5-7,13H,2-4H2,1H3. The van der Waals surface area contributed by atoms with Crippen LogP contribution in [0.3, 0.4) is 0 Å². The second kappa shape index (κ2) is 22.6. The van der Waals surface area contributed by atoms with Crippen molar-refractivity contribution in [2.75, 3.05) is 25.4 Å². The number of halogens is 8. The highest BCUT2D eigenvalue weighted by molar-refractivity contribution is 7.91. The summed E-state index contributed by atoms with van der Waals surface area (Å²) in [5, 5.41) is 3.02. The van der Waals surface area contributed by atoms with Crippen LogP contribution in [-0.2, 0) is 66.2 Å². The lowest BCUT2D eigenvalue weighted by Gasteiger charge is -2.20. The lowest BCUT2D eigenvalue weighted by molar-refractivity contribution is -0.176. The van der Waals surface area contributed by atoms with Gasteiger partial charge in [-0.05, 0) is 74.2 Å². The molecule has 0 bridgehead atoms. The van der Waals surface area contributed by atoms with Crippen LogP contribution in [0.1, 0.15) is 111 Å². The van der Waals surface area contributed by atoms with E-state index in [4.69, 9.17) is 27.7 Å². The third kappa shape index (κ3) is 14.6. The Morgan fingerprint density at radius 3 is 1.60 bits per heavy atom. The number of rotatable bonds is 13. The van der Waals surface area contributed by atoms with E-state index in [0.29, 0.717) is 30.7 Å². The first-order valence-corrected chi connectivity index (χ1v) is 27.8. The summed E-state index contributed by atoms with van der Waals surface area (Å²) in [6.07, 6.45) is -2.68. The second-order valence-electron chi connectivity index (χ2n) is 17.1. The number of ether oxygens (including phenoxy) is 1. The Labute approximate surface area is 422 Å². The first-order valence-electron chi connectivity index (χ1n) is 21.4. The molecule has 1 aromatic heterocycles. The predicted octanol–water partition coefficient (Wildman–Crippen LogP) is 8.01. The first kappa shape index (κ1) is 58.4. The maximum absolute atomic E-state index is 12.8. The SMILES string of the molecule is CS(=O)(=O)c1cc(C(F)(F)F)ccc1C(=O)c1cnoc1C1CC1.CS(=O)(=O)c1ccc(C(=O)C2C(=O)CCCC2=O)c(Cl)c1.CS(=O)(=O)c1ccc(C(=O)C2C(=O)CCCC2=O)c(Cl)c1COCC(F)(F)F. The van der Waals surface area contributed by atoms with Crippen molar-refractivity contribution in [2.24, 2.45) is 11.8 Å². The molecule has 0 spiro atoms. The van der Waals surface area contributed by atoms with Crippen LogP contribution in [0, 0.1) is 11.8 Å². The van der Waals surface area contributed by atoms with E-state index >= 15 is 0 Å². The Morgan fingerprint density at radius 1 is 0.658 bits per heavy atom. The number of nitrogens with zero attached hydrogens (tertiary/aromatic N) is 1. The van der Waals surface area contributed by atoms with E-state index in [-0.39, 0.29) is 69.3 Å². The second-order valence-corrected chi connectivity index (χ2v) is 23.8. The zero-order chi connectivity index (χ0) is 54.8. The van der Waals surface area contributed by atoms with Gasteiger partial charge in [-0.15, -0.1) is 0 Å². The smallest absolute Gasteiger partial charge is 0.367 e. The third-order valence-electron chi connectivity index (χ3n) is 11.3. The van der Waals surface area contributed by atoms with Gasteiger partial charge < -0.3 is 9.26 Å². The van der Waals surface area contributed by atoms with Crippen molar-refractivity contribution in [3.8, 4) is 0 Å². The molecular weight excluding hydrogens is 1090 g/mol. The van der Waals surface area contributed by atoms with Crippen LogP contribution in [0.2, 0.25) is 10.0 Å². The van der Waals surface area contributed by atoms with E-state index in [1.54, 1.807) is 0 Å². The minimum Gasteiger partial charge on any atom is -0.367 e. The average Bonchev–Trinajstić information content (AvgIpc) is 4.00. The molecule has 73 heavy (non-hydrogen) atoms. The summed E-state index contributed by atoms with van der Waals surface area (Å²) in [6, 6.07) is 7.73. The minimum atomic E-state index is -4.71. The van der Waals surface area contributed by atoms with Gasteiger partial charge in [0, 0.05) is 72.6 Å². The van der Waals surface area contributed by atoms with E-state index in [0.717, 1.165) is 55.9 Å². The van der Waals surface area contributed by atoms with E-state index in [9.17, 15) is 85.2 Å².